The van der Waals surface area contributed by atoms with E-state index in [4.69, 9.17) is 21.7 Å². The van der Waals surface area contributed by atoms with Gasteiger partial charge >= 0.3 is 11.9 Å². The molecule has 0 saturated carbocycles. The highest BCUT2D eigenvalue weighted by molar-refractivity contribution is 6.18. The number of anilines is 1. The summed E-state index contributed by atoms with van der Waals surface area (Å²) in [4.78, 5) is 34.1. The van der Waals surface area contributed by atoms with Crippen molar-refractivity contribution in [2.75, 3.05) is 5.73 Å². The first-order chi connectivity index (χ1) is 9.18. The molecule has 0 aromatic heterocycles. The summed E-state index contributed by atoms with van der Waals surface area (Å²) in [5.41, 5.74) is 9.89. The number of rotatable bonds is 6. The van der Waals surface area contributed by atoms with Gasteiger partial charge in [0.25, 0.3) is 0 Å². The van der Waals surface area contributed by atoms with Gasteiger partial charge in [-0.3, -0.25) is 9.59 Å². The van der Waals surface area contributed by atoms with Crippen molar-refractivity contribution >= 4 is 23.4 Å². The second-order valence-corrected chi connectivity index (χ2v) is 4.59. The fourth-order valence-corrected chi connectivity index (χ4v) is 1.75. The van der Waals surface area contributed by atoms with Crippen LogP contribution in [-0.4, -0.2) is 33.5 Å². The van der Waals surface area contributed by atoms with Gasteiger partial charge in [0.1, 0.15) is 0 Å². The molecular weight excluding hydrogens is 264 g/mol. The van der Waals surface area contributed by atoms with Crippen LogP contribution in [0.1, 0.15) is 28.8 Å². The molecule has 1 aromatic rings. The number of aryl methyl sites for hydroxylation is 1. The topological polar surface area (TPSA) is 144 Å². The van der Waals surface area contributed by atoms with Crippen molar-refractivity contribution in [1.29, 1.82) is 0 Å². The number of hydrogen-bond acceptors (Lipinski definition) is 5. The van der Waals surface area contributed by atoms with Crippen LogP contribution < -0.4 is 11.5 Å². The minimum Gasteiger partial charge on any atom is -0.481 e. The van der Waals surface area contributed by atoms with Crippen LogP contribution in [0, 0.1) is 6.92 Å². The third kappa shape index (κ3) is 3.12. The van der Waals surface area contributed by atoms with Gasteiger partial charge in [0, 0.05) is 17.7 Å². The third-order valence-corrected chi connectivity index (χ3v) is 2.97. The molecule has 0 fully saturated rings. The van der Waals surface area contributed by atoms with E-state index in [2.05, 4.69) is 0 Å². The average Bonchev–Trinajstić information content (AvgIpc) is 2.34. The first-order valence-electron chi connectivity index (χ1n) is 5.83. The highest BCUT2D eigenvalue weighted by Crippen LogP contribution is 2.22. The molecule has 20 heavy (non-hydrogen) atoms. The largest absolute Gasteiger partial charge is 0.481 e. The Labute approximate surface area is 115 Å². The Morgan fingerprint density at radius 3 is 2.30 bits per heavy atom. The van der Waals surface area contributed by atoms with Crippen LogP contribution in [0.15, 0.2) is 18.2 Å². The molecule has 1 rings (SSSR count). The number of carbonyl (C=O) groups is 3. The summed E-state index contributed by atoms with van der Waals surface area (Å²) in [6.07, 6.45) is -1.04. The van der Waals surface area contributed by atoms with Crippen LogP contribution in [0.4, 0.5) is 5.69 Å². The van der Waals surface area contributed by atoms with E-state index in [9.17, 15) is 14.4 Å². The summed E-state index contributed by atoms with van der Waals surface area (Å²) in [5.74, 6) is -3.71. The minimum absolute atomic E-state index is 0.0223. The number of carbonyl (C=O) groups excluding carboxylic acids is 1. The Bertz CT molecular complexity index is 570. The van der Waals surface area contributed by atoms with E-state index in [0.717, 1.165) is 5.56 Å². The molecule has 1 unspecified atom stereocenters. The van der Waals surface area contributed by atoms with Crippen molar-refractivity contribution in [3.63, 3.8) is 0 Å². The second-order valence-electron chi connectivity index (χ2n) is 4.59. The second kappa shape index (κ2) is 5.70. The first kappa shape index (κ1) is 15.6. The maximum Gasteiger partial charge on any atom is 0.331 e. The van der Waals surface area contributed by atoms with E-state index in [0.29, 0.717) is 0 Å². The lowest BCUT2D eigenvalue weighted by atomic mass is 9.85. The number of carboxylic acids is 2. The lowest BCUT2D eigenvalue weighted by Crippen LogP contribution is -2.55. The molecule has 0 saturated heterocycles. The number of nitrogen functional groups attached to an aromatic ring is 1. The van der Waals surface area contributed by atoms with E-state index in [1.165, 1.54) is 12.1 Å². The number of Topliss-reactive ketones (excluding diaryl/α,β-unsaturated/α-hetero) is 1. The van der Waals surface area contributed by atoms with Gasteiger partial charge in [-0.2, -0.15) is 0 Å². The number of hydrogen-bond donors (Lipinski definition) is 4. The van der Waals surface area contributed by atoms with Crippen molar-refractivity contribution in [2.45, 2.75) is 25.3 Å². The van der Waals surface area contributed by atoms with Gasteiger partial charge in [-0.15, -0.1) is 0 Å². The van der Waals surface area contributed by atoms with Crippen LogP contribution in [0.5, 0.6) is 0 Å². The molecule has 0 aliphatic rings. The van der Waals surface area contributed by atoms with Gasteiger partial charge in [-0.1, -0.05) is 6.07 Å². The van der Waals surface area contributed by atoms with Crippen LogP contribution >= 0.6 is 0 Å². The predicted molar refractivity (Wildman–Crippen MR) is 71.3 cm³/mol. The summed E-state index contributed by atoms with van der Waals surface area (Å²) < 4.78 is 0. The summed E-state index contributed by atoms with van der Waals surface area (Å²) in [7, 11) is 0. The lowest BCUT2D eigenvalue weighted by molar-refractivity contribution is -0.142. The monoisotopic (exact) mass is 280 g/mol. The Kier molecular flexibility index (Phi) is 4.46. The summed E-state index contributed by atoms with van der Waals surface area (Å²) in [5, 5.41) is 17.8. The van der Waals surface area contributed by atoms with E-state index >= 15 is 0 Å². The van der Waals surface area contributed by atoms with Crippen molar-refractivity contribution in [3.8, 4) is 0 Å². The Hall–Kier alpha value is -2.41. The summed E-state index contributed by atoms with van der Waals surface area (Å²) in [6.45, 7) is 1.77. The van der Waals surface area contributed by atoms with Crippen molar-refractivity contribution in [1.82, 2.24) is 0 Å². The molecule has 0 heterocycles. The molecule has 7 nitrogen and oxygen atoms in total. The van der Waals surface area contributed by atoms with Gasteiger partial charge in [-0.05, 0) is 31.0 Å². The molecule has 0 aliphatic carbocycles. The number of ketones is 1. The standard InChI is InChI=1S/C13H16N2O5/c1-7-2-3-8(9(14)6-7)11(18)13(15,12(19)20)5-4-10(16)17/h2-3,6H,4-5,14-15H2,1H3,(H,16,17)(H,19,20). The summed E-state index contributed by atoms with van der Waals surface area (Å²) >= 11 is 0. The van der Waals surface area contributed by atoms with Gasteiger partial charge in [-0.25, -0.2) is 4.79 Å². The van der Waals surface area contributed by atoms with Crippen LogP contribution in [0.3, 0.4) is 0 Å². The van der Waals surface area contributed by atoms with Crippen molar-refractivity contribution in [2.24, 2.45) is 5.73 Å². The number of benzene rings is 1. The maximum absolute atomic E-state index is 12.3. The van der Waals surface area contributed by atoms with Gasteiger partial charge in [0.2, 0.25) is 0 Å². The quantitative estimate of drug-likeness (QED) is 0.335. The van der Waals surface area contributed by atoms with E-state index in [1.807, 2.05) is 0 Å². The molecule has 0 amide bonds. The van der Waals surface area contributed by atoms with Gasteiger partial charge < -0.3 is 21.7 Å². The molecule has 1 aromatic carbocycles. The zero-order chi connectivity index (χ0) is 15.5. The van der Waals surface area contributed by atoms with Crippen LogP contribution in [0.25, 0.3) is 0 Å². The molecule has 1 atom stereocenters. The normalized spacial score (nSPS) is 13.5. The van der Waals surface area contributed by atoms with E-state index in [1.54, 1.807) is 13.0 Å². The van der Waals surface area contributed by atoms with E-state index < -0.39 is 36.1 Å². The smallest absolute Gasteiger partial charge is 0.331 e. The highest BCUT2D eigenvalue weighted by atomic mass is 16.4. The van der Waals surface area contributed by atoms with E-state index in [-0.39, 0.29) is 11.3 Å². The fraction of sp³-hybridized carbons (Fsp3) is 0.308. The van der Waals surface area contributed by atoms with Crippen molar-refractivity contribution < 1.29 is 24.6 Å². The van der Waals surface area contributed by atoms with Crippen LogP contribution in [0.2, 0.25) is 0 Å². The van der Waals surface area contributed by atoms with Gasteiger partial charge in [0.15, 0.2) is 11.3 Å². The number of carboxylic acid groups (broad SMARTS) is 2. The average molecular weight is 280 g/mol. The maximum atomic E-state index is 12.3. The predicted octanol–water partition coefficient (Wildman–Crippen LogP) is 0.407. The number of aliphatic carboxylic acids is 2. The molecule has 108 valence electrons. The molecular formula is C13H16N2O5. The summed E-state index contributed by atoms with van der Waals surface area (Å²) in [6, 6.07) is 4.51. The minimum atomic E-state index is -2.30. The van der Waals surface area contributed by atoms with Crippen LogP contribution in [-0.2, 0) is 9.59 Å². The first-order valence-corrected chi connectivity index (χ1v) is 5.83. The molecule has 0 radical (unpaired) electrons. The Morgan fingerprint density at radius 2 is 1.85 bits per heavy atom. The molecule has 0 bridgehead atoms. The van der Waals surface area contributed by atoms with Gasteiger partial charge in [0.05, 0.1) is 0 Å². The Morgan fingerprint density at radius 1 is 1.25 bits per heavy atom. The SMILES string of the molecule is Cc1ccc(C(=O)C(N)(CCC(=O)O)C(=O)O)c(N)c1. The molecule has 0 aliphatic heterocycles. The number of nitrogens with two attached hydrogens (primary N) is 2. The fourth-order valence-electron chi connectivity index (χ4n) is 1.75. The molecule has 7 heteroatoms. The Balaban J connectivity index is 3.17. The molecule has 6 N–H and O–H groups in total. The molecule has 0 spiro atoms. The highest BCUT2D eigenvalue weighted by Gasteiger charge is 2.43. The lowest BCUT2D eigenvalue weighted by Gasteiger charge is -2.23. The third-order valence-electron chi connectivity index (χ3n) is 2.97. The zero-order valence-electron chi connectivity index (χ0n) is 10.9. The van der Waals surface area contributed by atoms with Crippen molar-refractivity contribution in [3.05, 3.63) is 29.3 Å². The zero-order valence-corrected chi connectivity index (χ0v) is 10.9.